The van der Waals surface area contributed by atoms with E-state index in [4.69, 9.17) is 0 Å². The molecule has 0 unspecified atom stereocenters. The summed E-state index contributed by atoms with van der Waals surface area (Å²) in [5.74, 6) is 0.670. The molecule has 0 N–H and O–H groups in total. The zero-order chi connectivity index (χ0) is 15.0. The number of amides is 2. The van der Waals surface area contributed by atoms with Crippen molar-refractivity contribution in [3.05, 3.63) is 29.8 Å². The molecule has 0 spiro atoms. The molecule has 0 bridgehead atoms. The fourth-order valence-electron chi connectivity index (χ4n) is 2.90. The highest BCUT2D eigenvalue weighted by atomic mass is 16.2. The van der Waals surface area contributed by atoms with Crippen LogP contribution in [0.15, 0.2) is 24.3 Å². The Balaban J connectivity index is 1.64. The largest absolute Gasteiger partial charge is 0.342 e. The lowest BCUT2D eigenvalue weighted by Crippen LogP contribution is -2.35. The van der Waals surface area contributed by atoms with Gasteiger partial charge in [-0.3, -0.25) is 9.59 Å². The summed E-state index contributed by atoms with van der Waals surface area (Å²) < 4.78 is 0. The number of benzene rings is 1. The Kier molecular flexibility index (Phi) is 3.70. The van der Waals surface area contributed by atoms with Gasteiger partial charge in [0.1, 0.15) is 0 Å². The summed E-state index contributed by atoms with van der Waals surface area (Å²) in [4.78, 5) is 28.1. The predicted molar refractivity (Wildman–Crippen MR) is 82.0 cm³/mol. The van der Waals surface area contributed by atoms with Crippen molar-refractivity contribution >= 4 is 17.5 Å². The van der Waals surface area contributed by atoms with E-state index in [2.05, 4.69) is 0 Å². The summed E-state index contributed by atoms with van der Waals surface area (Å²) >= 11 is 0. The number of hydrogen-bond acceptors (Lipinski definition) is 2. The lowest BCUT2D eigenvalue weighted by atomic mass is 10.1. The van der Waals surface area contributed by atoms with Crippen molar-refractivity contribution in [2.45, 2.75) is 26.2 Å². The van der Waals surface area contributed by atoms with Gasteiger partial charge in [0.2, 0.25) is 11.8 Å². The first-order valence-electron chi connectivity index (χ1n) is 7.66. The summed E-state index contributed by atoms with van der Waals surface area (Å²) in [5.41, 5.74) is 2.06. The fraction of sp³-hybridized carbons (Fsp3) is 0.529. The SMILES string of the molecule is Cc1ccc(N(C)C(=O)[C@@H]2CC(=O)N(CC3CC3)C2)cc1. The maximum Gasteiger partial charge on any atom is 0.232 e. The highest BCUT2D eigenvalue weighted by Gasteiger charge is 2.38. The molecule has 1 aromatic rings. The van der Waals surface area contributed by atoms with Gasteiger partial charge in [-0.1, -0.05) is 17.7 Å². The molecule has 4 heteroatoms. The third kappa shape index (κ3) is 3.09. The molecule has 1 saturated carbocycles. The Morgan fingerprint density at radius 1 is 1.29 bits per heavy atom. The van der Waals surface area contributed by atoms with E-state index in [1.165, 1.54) is 18.4 Å². The van der Waals surface area contributed by atoms with Crippen molar-refractivity contribution in [3.63, 3.8) is 0 Å². The lowest BCUT2D eigenvalue weighted by molar-refractivity contribution is -0.128. The van der Waals surface area contributed by atoms with E-state index in [1.807, 2.05) is 36.1 Å². The van der Waals surface area contributed by atoms with E-state index in [0.29, 0.717) is 18.9 Å². The van der Waals surface area contributed by atoms with Crippen LogP contribution in [0.1, 0.15) is 24.8 Å². The Morgan fingerprint density at radius 3 is 2.57 bits per heavy atom. The van der Waals surface area contributed by atoms with E-state index in [9.17, 15) is 9.59 Å². The van der Waals surface area contributed by atoms with Gasteiger partial charge < -0.3 is 9.80 Å². The molecule has 112 valence electrons. The van der Waals surface area contributed by atoms with Gasteiger partial charge in [-0.25, -0.2) is 0 Å². The second kappa shape index (κ2) is 5.51. The van der Waals surface area contributed by atoms with Crippen LogP contribution in [0.2, 0.25) is 0 Å². The highest BCUT2D eigenvalue weighted by Crippen LogP contribution is 2.32. The van der Waals surface area contributed by atoms with Crippen LogP contribution in [0.3, 0.4) is 0 Å². The van der Waals surface area contributed by atoms with Crippen molar-refractivity contribution in [1.29, 1.82) is 0 Å². The number of carbonyl (C=O) groups excluding carboxylic acids is 2. The molecular weight excluding hydrogens is 264 g/mol. The van der Waals surface area contributed by atoms with E-state index < -0.39 is 0 Å². The van der Waals surface area contributed by atoms with Gasteiger partial charge in [0.25, 0.3) is 0 Å². The standard InChI is InChI=1S/C17H22N2O2/c1-12-3-7-15(8-4-12)18(2)17(21)14-9-16(20)19(11-14)10-13-5-6-13/h3-4,7-8,13-14H,5-6,9-11H2,1-2H3/t14-/m1/s1. The molecule has 4 nitrogen and oxygen atoms in total. The predicted octanol–water partition coefficient (Wildman–Crippen LogP) is 2.22. The van der Waals surface area contributed by atoms with Gasteiger partial charge in [-0.2, -0.15) is 0 Å². The summed E-state index contributed by atoms with van der Waals surface area (Å²) in [7, 11) is 1.79. The Hall–Kier alpha value is -1.84. The van der Waals surface area contributed by atoms with Crippen molar-refractivity contribution in [1.82, 2.24) is 4.90 Å². The van der Waals surface area contributed by atoms with Gasteiger partial charge in [0.15, 0.2) is 0 Å². The number of rotatable bonds is 4. The molecule has 1 aliphatic heterocycles. The summed E-state index contributed by atoms with van der Waals surface area (Å²) in [6, 6.07) is 7.90. The Morgan fingerprint density at radius 2 is 1.95 bits per heavy atom. The third-order valence-corrected chi connectivity index (χ3v) is 4.49. The van der Waals surface area contributed by atoms with Crippen molar-refractivity contribution in [2.24, 2.45) is 11.8 Å². The van der Waals surface area contributed by atoms with Crippen molar-refractivity contribution in [3.8, 4) is 0 Å². The smallest absolute Gasteiger partial charge is 0.232 e. The Bertz CT molecular complexity index is 548. The van der Waals surface area contributed by atoms with Gasteiger partial charge in [0, 0.05) is 32.2 Å². The molecule has 0 aromatic heterocycles. The maximum absolute atomic E-state index is 12.6. The minimum absolute atomic E-state index is 0.0468. The number of nitrogens with zero attached hydrogens (tertiary/aromatic N) is 2. The molecule has 1 aliphatic carbocycles. The van der Waals surface area contributed by atoms with E-state index >= 15 is 0 Å². The lowest BCUT2D eigenvalue weighted by Gasteiger charge is -2.21. The number of hydrogen-bond donors (Lipinski definition) is 0. The number of anilines is 1. The first-order valence-corrected chi connectivity index (χ1v) is 7.66. The first kappa shape index (κ1) is 14.1. The summed E-state index contributed by atoms with van der Waals surface area (Å²) in [6.45, 7) is 3.46. The van der Waals surface area contributed by atoms with Crippen LogP contribution in [0, 0.1) is 18.8 Å². The molecule has 2 amide bonds. The molecule has 3 rings (SSSR count). The number of likely N-dealkylation sites (tertiary alicyclic amines) is 1. The molecule has 1 atom stereocenters. The molecule has 1 heterocycles. The van der Waals surface area contributed by atoms with Crippen LogP contribution < -0.4 is 4.90 Å². The van der Waals surface area contributed by atoms with E-state index in [-0.39, 0.29) is 17.7 Å². The monoisotopic (exact) mass is 286 g/mol. The Labute approximate surface area is 125 Å². The van der Waals surface area contributed by atoms with Crippen LogP contribution in [0.25, 0.3) is 0 Å². The van der Waals surface area contributed by atoms with Gasteiger partial charge in [-0.05, 0) is 37.8 Å². The second-order valence-electron chi connectivity index (χ2n) is 6.38. The second-order valence-corrected chi connectivity index (χ2v) is 6.38. The first-order chi connectivity index (χ1) is 10.0. The summed E-state index contributed by atoms with van der Waals surface area (Å²) in [5, 5.41) is 0. The van der Waals surface area contributed by atoms with Crippen molar-refractivity contribution in [2.75, 3.05) is 25.0 Å². The van der Waals surface area contributed by atoms with Crippen LogP contribution in [0.5, 0.6) is 0 Å². The molecule has 2 fully saturated rings. The average Bonchev–Trinajstić information content (AvgIpc) is 3.21. The van der Waals surface area contributed by atoms with Crippen LogP contribution in [-0.2, 0) is 9.59 Å². The fourth-order valence-corrected chi connectivity index (χ4v) is 2.90. The van der Waals surface area contributed by atoms with Crippen LogP contribution >= 0.6 is 0 Å². The minimum Gasteiger partial charge on any atom is -0.342 e. The molecule has 21 heavy (non-hydrogen) atoms. The normalized spacial score (nSPS) is 21.7. The molecule has 0 radical (unpaired) electrons. The quantitative estimate of drug-likeness (QED) is 0.851. The van der Waals surface area contributed by atoms with Crippen LogP contribution in [0.4, 0.5) is 5.69 Å². The molecular formula is C17H22N2O2. The number of aryl methyl sites for hydroxylation is 1. The van der Waals surface area contributed by atoms with Crippen LogP contribution in [-0.4, -0.2) is 36.9 Å². The van der Waals surface area contributed by atoms with Gasteiger partial charge in [0.05, 0.1) is 5.92 Å². The topological polar surface area (TPSA) is 40.6 Å². The molecule has 2 aliphatic rings. The van der Waals surface area contributed by atoms with Gasteiger partial charge in [-0.15, -0.1) is 0 Å². The molecule has 1 saturated heterocycles. The molecule has 1 aromatic carbocycles. The van der Waals surface area contributed by atoms with E-state index in [1.54, 1.807) is 11.9 Å². The average molecular weight is 286 g/mol. The van der Waals surface area contributed by atoms with Crippen molar-refractivity contribution < 1.29 is 9.59 Å². The summed E-state index contributed by atoms with van der Waals surface area (Å²) in [6.07, 6.45) is 2.82. The van der Waals surface area contributed by atoms with Gasteiger partial charge >= 0.3 is 0 Å². The van der Waals surface area contributed by atoms with E-state index in [0.717, 1.165) is 12.2 Å². The third-order valence-electron chi connectivity index (χ3n) is 4.49. The maximum atomic E-state index is 12.6. The number of carbonyl (C=O) groups is 2. The zero-order valence-corrected chi connectivity index (χ0v) is 12.7. The zero-order valence-electron chi connectivity index (χ0n) is 12.7. The highest BCUT2D eigenvalue weighted by molar-refractivity contribution is 5.98. The minimum atomic E-state index is -0.192.